The summed E-state index contributed by atoms with van der Waals surface area (Å²) in [5.41, 5.74) is 2.68. The van der Waals surface area contributed by atoms with Gasteiger partial charge in [-0.3, -0.25) is 9.52 Å². The van der Waals surface area contributed by atoms with Gasteiger partial charge in [0.1, 0.15) is 11.6 Å². The molecule has 0 fully saturated rings. The van der Waals surface area contributed by atoms with E-state index in [9.17, 15) is 27.1 Å². The Morgan fingerprint density at radius 1 is 0.927 bits per heavy atom. The van der Waals surface area contributed by atoms with Crippen molar-refractivity contribution in [2.75, 3.05) is 11.3 Å². The molecule has 41 heavy (non-hydrogen) atoms. The zero-order valence-electron chi connectivity index (χ0n) is 22.3. The second kappa shape index (κ2) is 13.5. The molecule has 4 aromatic rings. The molecule has 3 aromatic carbocycles. The monoisotopic (exact) mass is 583 g/mol. The van der Waals surface area contributed by atoms with E-state index in [1.807, 2.05) is 18.2 Å². The van der Waals surface area contributed by atoms with Gasteiger partial charge in [0.15, 0.2) is 0 Å². The third-order valence-electron chi connectivity index (χ3n) is 6.38. The van der Waals surface area contributed by atoms with Crippen molar-refractivity contribution < 1.29 is 31.5 Å². The first-order valence-corrected chi connectivity index (χ1v) is 14.5. The Labute approximate surface area is 237 Å². The van der Waals surface area contributed by atoms with Gasteiger partial charge in [0.05, 0.1) is 18.4 Å². The quantitative estimate of drug-likeness (QED) is 0.185. The molecule has 11 heteroatoms. The number of aliphatic hydroxyl groups is 1. The Hall–Kier alpha value is -4.06. The average molecular weight is 584 g/mol. The first-order chi connectivity index (χ1) is 19.6. The van der Waals surface area contributed by atoms with Crippen molar-refractivity contribution in [2.24, 2.45) is 0 Å². The lowest BCUT2D eigenvalue weighted by atomic mass is 10.00. The number of carbonyl (C=O) groups is 1. The van der Waals surface area contributed by atoms with E-state index in [0.717, 1.165) is 30.2 Å². The molecule has 0 bridgehead atoms. The molecule has 2 atom stereocenters. The molecule has 0 radical (unpaired) electrons. The van der Waals surface area contributed by atoms with Gasteiger partial charge in [-0.2, -0.15) is 8.42 Å². The number of amides is 1. The van der Waals surface area contributed by atoms with Gasteiger partial charge in [-0.05, 0) is 72.0 Å². The minimum atomic E-state index is -4.00. The van der Waals surface area contributed by atoms with Crippen molar-refractivity contribution in [1.82, 2.24) is 10.6 Å². The molecule has 1 heterocycles. The Balaban J connectivity index is 1.48. The Morgan fingerprint density at radius 3 is 2.37 bits per heavy atom. The van der Waals surface area contributed by atoms with Crippen molar-refractivity contribution in [3.63, 3.8) is 0 Å². The predicted octanol–water partition coefficient (Wildman–Crippen LogP) is 4.41. The molecule has 4 rings (SSSR count). The van der Waals surface area contributed by atoms with Crippen molar-refractivity contribution in [3.8, 4) is 0 Å². The Kier molecular flexibility index (Phi) is 9.87. The number of furan rings is 1. The van der Waals surface area contributed by atoms with Crippen LogP contribution in [0.2, 0.25) is 0 Å². The van der Waals surface area contributed by atoms with Crippen molar-refractivity contribution in [3.05, 3.63) is 119 Å². The number of aryl methyl sites for hydroxylation is 1. The highest BCUT2D eigenvalue weighted by atomic mass is 32.2. The molecular weight excluding hydrogens is 552 g/mol. The number of rotatable bonds is 13. The molecule has 0 saturated heterocycles. The molecule has 216 valence electrons. The average Bonchev–Trinajstić information content (AvgIpc) is 3.49. The lowest BCUT2D eigenvalue weighted by Gasteiger charge is -2.25. The van der Waals surface area contributed by atoms with Gasteiger partial charge in [0.2, 0.25) is 5.09 Å². The number of aliphatic hydroxyl groups excluding tert-OH is 1. The van der Waals surface area contributed by atoms with Crippen LogP contribution in [0.25, 0.3) is 0 Å². The van der Waals surface area contributed by atoms with E-state index >= 15 is 0 Å². The zero-order valence-corrected chi connectivity index (χ0v) is 23.1. The second-order valence-corrected chi connectivity index (χ2v) is 11.2. The molecule has 0 aliphatic carbocycles. The first-order valence-electron chi connectivity index (χ1n) is 13.0. The number of halogens is 2. The number of nitrogens with one attached hydrogen (secondary N) is 3. The second-order valence-electron chi connectivity index (χ2n) is 9.55. The minimum absolute atomic E-state index is 0.0562. The van der Waals surface area contributed by atoms with E-state index in [2.05, 4.69) is 28.3 Å². The van der Waals surface area contributed by atoms with Crippen molar-refractivity contribution in [1.29, 1.82) is 0 Å². The lowest BCUT2D eigenvalue weighted by molar-refractivity contribution is 0.0830. The maximum atomic E-state index is 13.9. The number of anilines is 1. The highest BCUT2D eigenvalue weighted by molar-refractivity contribution is 7.92. The highest BCUT2D eigenvalue weighted by Gasteiger charge is 2.24. The molecule has 0 saturated carbocycles. The van der Waals surface area contributed by atoms with Crippen LogP contribution in [-0.2, 0) is 29.4 Å². The first kappa shape index (κ1) is 29.9. The van der Waals surface area contributed by atoms with E-state index in [-0.39, 0.29) is 34.9 Å². The fraction of sp³-hybridized carbons (Fsp3) is 0.233. The van der Waals surface area contributed by atoms with E-state index in [1.165, 1.54) is 48.2 Å². The standard InChI is InChI=1S/C30H31F2N3O5S/c1-2-20-6-3-7-21(12-20)18-33-19-28(36)27(15-22-13-24(31)17-25(32)14-22)34-30(37)23-8-4-9-26(16-23)35-41(38,39)29-10-5-11-40-29/h3-14,16-17,27-28,33,35-36H,2,15,18-19H2,1H3,(H,34,37)/t27-,28-/m0/s1. The normalized spacial score (nSPS) is 13.0. The molecule has 0 aliphatic rings. The number of carbonyl (C=O) groups excluding carboxylic acids is 1. The largest absolute Gasteiger partial charge is 0.451 e. The fourth-order valence-electron chi connectivity index (χ4n) is 4.33. The van der Waals surface area contributed by atoms with Crippen LogP contribution < -0.4 is 15.4 Å². The van der Waals surface area contributed by atoms with Crippen LogP contribution in [0.15, 0.2) is 94.6 Å². The van der Waals surface area contributed by atoms with Gasteiger partial charge in [-0.15, -0.1) is 0 Å². The van der Waals surface area contributed by atoms with Gasteiger partial charge in [0.25, 0.3) is 15.9 Å². The van der Waals surface area contributed by atoms with Gasteiger partial charge in [-0.1, -0.05) is 37.3 Å². The summed E-state index contributed by atoms with van der Waals surface area (Å²) in [7, 11) is -4.00. The molecule has 1 aromatic heterocycles. The van der Waals surface area contributed by atoms with Gasteiger partial charge in [0, 0.05) is 30.4 Å². The summed E-state index contributed by atoms with van der Waals surface area (Å²) in [6.07, 6.45) is 0.936. The summed E-state index contributed by atoms with van der Waals surface area (Å²) < 4.78 is 60.1. The van der Waals surface area contributed by atoms with E-state index in [1.54, 1.807) is 0 Å². The summed E-state index contributed by atoms with van der Waals surface area (Å²) in [5.74, 6) is -2.16. The van der Waals surface area contributed by atoms with Crippen LogP contribution in [0, 0.1) is 11.6 Å². The number of hydrogen-bond acceptors (Lipinski definition) is 6. The predicted molar refractivity (Wildman–Crippen MR) is 151 cm³/mol. The van der Waals surface area contributed by atoms with Gasteiger partial charge >= 0.3 is 0 Å². The summed E-state index contributed by atoms with van der Waals surface area (Å²) >= 11 is 0. The Morgan fingerprint density at radius 2 is 1.66 bits per heavy atom. The highest BCUT2D eigenvalue weighted by Crippen LogP contribution is 2.18. The summed E-state index contributed by atoms with van der Waals surface area (Å²) in [6.45, 7) is 2.61. The summed E-state index contributed by atoms with van der Waals surface area (Å²) in [5, 5.41) is 16.6. The Bertz CT molecular complexity index is 1560. The fourth-order valence-corrected chi connectivity index (χ4v) is 5.31. The molecule has 0 aliphatic heterocycles. The summed E-state index contributed by atoms with van der Waals surface area (Å²) in [4.78, 5) is 13.2. The number of sulfonamides is 1. The van der Waals surface area contributed by atoms with Crippen LogP contribution in [0.1, 0.15) is 34.0 Å². The van der Waals surface area contributed by atoms with Crippen LogP contribution in [0.4, 0.5) is 14.5 Å². The van der Waals surface area contributed by atoms with Crippen molar-refractivity contribution >= 4 is 21.6 Å². The maximum absolute atomic E-state index is 13.9. The van der Waals surface area contributed by atoms with E-state index < -0.39 is 39.7 Å². The zero-order chi connectivity index (χ0) is 29.4. The van der Waals surface area contributed by atoms with Crippen molar-refractivity contribution in [2.45, 2.75) is 43.5 Å². The SMILES string of the molecule is CCc1cccc(CNC[C@H](O)[C@H](Cc2cc(F)cc(F)c2)NC(=O)c2cccc(NS(=O)(=O)c3ccco3)c2)c1. The third-order valence-corrected chi connectivity index (χ3v) is 7.64. The maximum Gasteiger partial charge on any atom is 0.295 e. The molecular formula is C30H31F2N3O5S. The van der Waals surface area contributed by atoms with E-state index in [0.29, 0.717) is 6.54 Å². The molecule has 0 unspecified atom stereocenters. The minimum Gasteiger partial charge on any atom is -0.451 e. The third kappa shape index (κ3) is 8.46. The van der Waals surface area contributed by atoms with Gasteiger partial charge < -0.3 is 20.2 Å². The van der Waals surface area contributed by atoms with Crippen LogP contribution in [0.5, 0.6) is 0 Å². The van der Waals surface area contributed by atoms with Crippen LogP contribution in [0.3, 0.4) is 0 Å². The molecule has 0 spiro atoms. The summed E-state index contributed by atoms with van der Waals surface area (Å²) in [6, 6.07) is 18.6. The number of benzene rings is 3. The van der Waals surface area contributed by atoms with Crippen LogP contribution >= 0.6 is 0 Å². The number of hydrogen-bond donors (Lipinski definition) is 4. The molecule has 4 N–H and O–H groups in total. The van der Waals surface area contributed by atoms with Crippen LogP contribution in [-0.4, -0.2) is 38.1 Å². The molecule has 8 nitrogen and oxygen atoms in total. The molecule has 1 amide bonds. The van der Waals surface area contributed by atoms with Gasteiger partial charge in [-0.25, -0.2) is 8.78 Å². The topological polar surface area (TPSA) is 121 Å². The smallest absolute Gasteiger partial charge is 0.295 e. The van der Waals surface area contributed by atoms with E-state index in [4.69, 9.17) is 4.42 Å². The lowest BCUT2D eigenvalue weighted by Crippen LogP contribution is -2.48.